The summed E-state index contributed by atoms with van der Waals surface area (Å²) in [5.41, 5.74) is 1.34. The molecular formula is C25H19N7O2. The number of fused-ring (bicyclic) bond motifs is 1. The molecule has 0 aliphatic heterocycles. The van der Waals surface area contributed by atoms with E-state index in [1.54, 1.807) is 12.1 Å². The molecule has 34 heavy (non-hydrogen) atoms. The minimum absolute atomic E-state index is 0.0414. The number of rotatable bonds is 6. The van der Waals surface area contributed by atoms with Gasteiger partial charge in [-0.3, -0.25) is 9.59 Å². The number of ketones is 1. The zero-order valence-electron chi connectivity index (χ0n) is 18.2. The van der Waals surface area contributed by atoms with Crippen molar-refractivity contribution in [2.24, 2.45) is 10.2 Å². The van der Waals surface area contributed by atoms with Crippen molar-refractivity contribution < 1.29 is 4.79 Å². The average molecular weight is 449 g/mol. The summed E-state index contributed by atoms with van der Waals surface area (Å²) in [6, 6.07) is 27.5. The van der Waals surface area contributed by atoms with Crippen molar-refractivity contribution in [3.63, 3.8) is 0 Å². The molecule has 0 atom stereocenters. The summed E-state index contributed by atoms with van der Waals surface area (Å²) < 4.78 is 2.64. The highest BCUT2D eigenvalue weighted by Crippen LogP contribution is 2.26. The maximum Gasteiger partial charge on any atom is 0.291 e. The molecule has 9 heteroatoms. The fourth-order valence-electron chi connectivity index (χ4n) is 3.43. The second-order valence-electron chi connectivity index (χ2n) is 7.40. The molecule has 0 spiro atoms. The Labute approximate surface area is 194 Å². The van der Waals surface area contributed by atoms with Crippen LogP contribution in [-0.4, -0.2) is 24.9 Å². The van der Waals surface area contributed by atoms with Crippen molar-refractivity contribution in [3.8, 4) is 5.69 Å². The second kappa shape index (κ2) is 8.91. The van der Waals surface area contributed by atoms with E-state index in [4.69, 9.17) is 0 Å². The second-order valence-corrected chi connectivity index (χ2v) is 7.40. The number of carbonyl (C=O) groups is 1. The van der Waals surface area contributed by atoms with Crippen LogP contribution in [0, 0.1) is 0 Å². The number of benzene rings is 3. The third-order valence-electron chi connectivity index (χ3n) is 5.01. The first kappa shape index (κ1) is 21.0. The first-order valence-corrected chi connectivity index (χ1v) is 10.5. The number of azo groups is 1. The quantitative estimate of drug-likeness (QED) is 0.282. The summed E-state index contributed by atoms with van der Waals surface area (Å²) in [5.74, 6) is -0.0429. The zero-order valence-corrected chi connectivity index (χ0v) is 18.2. The van der Waals surface area contributed by atoms with Gasteiger partial charge >= 0.3 is 0 Å². The topological polar surface area (TPSA) is 106 Å². The van der Waals surface area contributed by atoms with E-state index in [1.807, 2.05) is 78.9 Å². The molecule has 5 rings (SSSR count). The zero-order chi connectivity index (χ0) is 23.5. The van der Waals surface area contributed by atoms with Crippen LogP contribution in [0.3, 0.4) is 0 Å². The average Bonchev–Trinajstić information content (AvgIpc) is 3.26. The fourth-order valence-corrected chi connectivity index (χ4v) is 3.43. The van der Waals surface area contributed by atoms with Gasteiger partial charge in [0.15, 0.2) is 17.3 Å². The first-order chi connectivity index (χ1) is 16.6. The van der Waals surface area contributed by atoms with Crippen LogP contribution in [0.2, 0.25) is 0 Å². The highest BCUT2D eigenvalue weighted by Gasteiger charge is 2.23. The molecule has 0 saturated carbocycles. The Hall–Kier alpha value is -4.92. The standard InChI is InChI=1S/C25H19N7O2/c1-17(33)23-30-32(20-15-9-4-10-16-20)25-27-22(26-18-11-5-2-6-12-18)21(24(34)31(23)25)29-28-19-13-7-3-8-14-19/h2-16,26H,1H3. The molecule has 0 aliphatic carbocycles. The van der Waals surface area contributed by atoms with Crippen LogP contribution in [0.4, 0.5) is 22.9 Å². The Bertz CT molecular complexity index is 1560. The number of hydrogen-bond acceptors (Lipinski definition) is 7. The van der Waals surface area contributed by atoms with Crippen molar-refractivity contribution in [1.82, 2.24) is 19.2 Å². The Kier molecular flexibility index (Phi) is 5.49. The lowest BCUT2D eigenvalue weighted by molar-refractivity contribution is 0.100. The Balaban J connectivity index is 1.78. The summed E-state index contributed by atoms with van der Waals surface area (Å²) in [6.45, 7) is 1.35. The molecule has 0 amide bonds. The predicted molar refractivity (Wildman–Crippen MR) is 129 cm³/mol. The van der Waals surface area contributed by atoms with Gasteiger partial charge < -0.3 is 5.32 Å². The Morgan fingerprint density at radius 2 is 1.47 bits per heavy atom. The van der Waals surface area contributed by atoms with Crippen molar-refractivity contribution in [3.05, 3.63) is 107 Å². The summed E-state index contributed by atoms with van der Waals surface area (Å²) in [7, 11) is 0. The number of nitrogens with zero attached hydrogens (tertiary/aromatic N) is 6. The third-order valence-corrected chi connectivity index (χ3v) is 5.01. The van der Waals surface area contributed by atoms with E-state index in [9.17, 15) is 9.59 Å². The van der Waals surface area contributed by atoms with E-state index in [0.29, 0.717) is 17.1 Å². The van der Waals surface area contributed by atoms with Crippen LogP contribution in [-0.2, 0) is 0 Å². The van der Waals surface area contributed by atoms with Crippen LogP contribution in [0.25, 0.3) is 11.5 Å². The van der Waals surface area contributed by atoms with Crippen LogP contribution in [0.15, 0.2) is 106 Å². The largest absolute Gasteiger partial charge is 0.338 e. The molecule has 5 aromatic rings. The van der Waals surface area contributed by atoms with Crippen molar-refractivity contribution in [2.45, 2.75) is 6.92 Å². The van der Waals surface area contributed by atoms with Crippen molar-refractivity contribution in [2.75, 3.05) is 5.32 Å². The molecule has 1 N–H and O–H groups in total. The van der Waals surface area contributed by atoms with E-state index < -0.39 is 5.56 Å². The first-order valence-electron chi connectivity index (χ1n) is 10.5. The predicted octanol–water partition coefficient (Wildman–Crippen LogP) is 5.24. The third kappa shape index (κ3) is 3.97. The van der Waals surface area contributed by atoms with E-state index >= 15 is 0 Å². The van der Waals surface area contributed by atoms with Gasteiger partial charge in [-0.05, 0) is 36.4 Å². The lowest BCUT2D eigenvalue weighted by Crippen LogP contribution is -2.19. The van der Waals surface area contributed by atoms with E-state index in [1.165, 1.54) is 16.0 Å². The maximum atomic E-state index is 13.7. The van der Waals surface area contributed by atoms with Gasteiger partial charge in [-0.25, -0.2) is 4.40 Å². The lowest BCUT2D eigenvalue weighted by atomic mass is 10.3. The molecule has 9 nitrogen and oxygen atoms in total. The highest BCUT2D eigenvalue weighted by molar-refractivity contribution is 5.91. The van der Waals surface area contributed by atoms with E-state index in [0.717, 1.165) is 0 Å². The molecule has 0 aliphatic rings. The highest BCUT2D eigenvalue weighted by atomic mass is 16.1. The van der Waals surface area contributed by atoms with Gasteiger partial charge in [0.2, 0.25) is 11.6 Å². The Morgan fingerprint density at radius 1 is 0.853 bits per heavy atom. The molecule has 3 aromatic carbocycles. The van der Waals surface area contributed by atoms with Gasteiger partial charge in [0.1, 0.15) is 0 Å². The number of hydrogen-bond donors (Lipinski definition) is 1. The maximum absolute atomic E-state index is 13.7. The van der Waals surface area contributed by atoms with E-state index in [2.05, 4.69) is 25.6 Å². The van der Waals surface area contributed by atoms with Crippen LogP contribution >= 0.6 is 0 Å². The molecule has 0 unspecified atom stereocenters. The van der Waals surface area contributed by atoms with Gasteiger partial charge in [-0.15, -0.1) is 10.2 Å². The van der Waals surface area contributed by atoms with Crippen LogP contribution in [0.5, 0.6) is 0 Å². The minimum Gasteiger partial charge on any atom is -0.338 e. The van der Waals surface area contributed by atoms with Crippen LogP contribution in [0.1, 0.15) is 17.5 Å². The van der Waals surface area contributed by atoms with Gasteiger partial charge in [0, 0.05) is 12.6 Å². The minimum atomic E-state index is -0.560. The van der Waals surface area contributed by atoms with Crippen molar-refractivity contribution in [1.29, 1.82) is 0 Å². The molecule has 0 bridgehead atoms. The number of anilines is 2. The SMILES string of the molecule is CC(=O)c1nn(-c2ccccc2)c2nc(Nc3ccccc3)c(N=Nc3ccccc3)c(=O)n12. The fraction of sp³-hybridized carbons (Fsp3) is 0.0400. The lowest BCUT2D eigenvalue weighted by Gasteiger charge is -2.09. The molecule has 0 saturated heterocycles. The van der Waals surface area contributed by atoms with E-state index in [-0.39, 0.29) is 28.9 Å². The summed E-state index contributed by atoms with van der Waals surface area (Å²) in [6.07, 6.45) is 0. The van der Waals surface area contributed by atoms with Gasteiger partial charge in [-0.2, -0.15) is 14.8 Å². The van der Waals surface area contributed by atoms with Gasteiger partial charge in [-0.1, -0.05) is 54.6 Å². The molecule has 2 aromatic heterocycles. The smallest absolute Gasteiger partial charge is 0.291 e. The number of carbonyl (C=O) groups excluding carboxylic acids is 1. The summed E-state index contributed by atoms with van der Waals surface area (Å²) in [4.78, 5) is 30.7. The van der Waals surface area contributed by atoms with Gasteiger partial charge in [0.05, 0.1) is 11.4 Å². The summed E-state index contributed by atoms with van der Waals surface area (Å²) >= 11 is 0. The number of nitrogens with one attached hydrogen (secondary N) is 1. The molecule has 0 fully saturated rings. The molecule has 166 valence electrons. The number of aromatic nitrogens is 4. The molecule has 0 radical (unpaired) electrons. The molecule has 2 heterocycles. The number of para-hydroxylation sites is 2. The molecular weight excluding hydrogens is 430 g/mol. The normalized spacial score (nSPS) is 11.2. The van der Waals surface area contributed by atoms with Gasteiger partial charge in [0.25, 0.3) is 5.56 Å². The van der Waals surface area contributed by atoms with Crippen LogP contribution < -0.4 is 10.9 Å². The monoisotopic (exact) mass is 449 g/mol. The Morgan fingerprint density at radius 3 is 2.12 bits per heavy atom. The number of Topliss-reactive ketones (excluding diaryl/α,β-unsaturated/α-hetero) is 1. The van der Waals surface area contributed by atoms with Crippen molar-refractivity contribution >= 4 is 34.4 Å². The summed E-state index contributed by atoms with van der Waals surface area (Å²) in [5, 5.41) is 16.0.